The van der Waals surface area contributed by atoms with Gasteiger partial charge < -0.3 is 9.88 Å². The van der Waals surface area contributed by atoms with Crippen molar-refractivity contribution in [2.24, 2.45) is 0 Å². The maximum absolute atomic E-state index is 4.77. The van der Waals surface area contributed by atoms with Crippen molar-refractivity contribution >= 4 is 16.9 Å². The lowest BCUT2D eigenvalue weighted by molar-refractivity contribution is 0.574. The van der Waals surface area contributed by atoms with Gasteiger partial charge in [-0.05, 0) is 48.9 Å². The highest BCUT2D eigenvalue weighted by Crippen LogP contribution is 2.31. The molecule has 5 rings (SSSR count). The molecule has 3 heterocycles. The predicted molar refractivity (Wildman–Crippen MR) is 116 cm³/mol. The number of anilines is 1. The Morgan fingerprint density at radius 3 is 2.21 bits per heavy atom. The van der Waals surface area contributed by atoms with Crippen LogP contribution in [0.2, 0.25) is 0 Å². The number of H-pyrrole nitrogens is 1. The molecular formula is C24H24N4. The van der Waals surface area contributed by atoms with Crippen LogP contribution in [0, 0.1) is 6.92 Å². The van der Waals surface area contributed by atoms with Crippen molar-refractivity contribution in [3.05, 3.63) is 66.5 Å². The summed E-state index contributed by atoms with van der Waals surface area (Å²) in [5.41, 5.74) is 6.77. The summed E-state index contributed by atoms with van der Waals surface area (Å²) in [6.45, 7) is 4.13. The molecule has 0 spiro atoms. The molecule has 0 amide bonds. The number of aromatic amines is 1. The van der Waals surface area contributed by atoms with E-state index in [0.717, 1.165) is 41.5 Å². The van der Waals surface area contributed by atoms with E-state index in [1.807, 2.05) is 13.0 Å². The Hall–Kier alpha value is -3.14. The number of piperidine rings is 1. The van der Waals surface area contributed by atoms with Gasteiger partial charge in [-0.15, -0.1) is 0 Å². The first-order valence-corrected chi connectivity index (χ1v) is 10.1. The fourth-order valence-electron chi connectivity index (χ4n) is 4.07. The van der Waals surface area contributed by atoms with E-state index in [1.165, 1.54) is 36.0 Å². The Kier molecular flexibility index (Phi) is 4.32. The second kappa shape index (κ2) is 7.12. The molecule has 140 valence electrons. The smallest absolute Gasteiger partial charge is 0.156 e. The van der Waals surface area contributed by atoms with Gasteiger partial charge >= 0.3 is 0 Å². The third-order valence-electron chi connectivity index (χ3n) is 5.53. The molecule has 28 heavy (non-hydrogen) atoms. The van der Waals surface area contributed by atoms with Crippen LogP contribution >= 0.6 is 0 Å². The Balaban J connectivity index is 1.53. The van der Waals surface area contributed by atoms with E-state index in [1.54, 1.807) is 0 Å². The van der Waals surface area contributed by atoms with Gasteiger partial charge in [-0.1, -0.05) is 54.6 Å². The highest BCUT2D eigenvalue weighted by Gasteiger charge is 2.18. The minimum Gasteiger partial charge on any atom is -0.355 e. The van der Waals surface area contributed by atoms with Crippen LogP contribution in [0.25, 0.3) is 33.4 Å². The van der Waals surface area contributed by atoms with Crippen molar-refractivity contribution in [2.45, 2.75) is 26.2 Å². The summed E-state index contributed by atoms with van der Waals surface area (Å²) in [6.07, 6.45) is 3.78. The monoisotopic (exact) mass is 368 g/mol. The molecular weight excluding hydrogens is 344 g/mol. The van der Waals surface area contributed by atoms with Gasteiger partial charge in [0.15, 0.2) is 5.82 Å². The molecule has 0 radical (unpaired) electrons. The molecule has 4 heteroatoms. The fourth-order valence-corrected chi connectivity index (χ4v) is 4.07. The first-order valence-electron chi connectivity index (χ1n) is 10.1. The highest BCUT2D eigenvalue weighted by molar-refractivity contribution is 5.91. The summed E-state index contributed by atoms with van der Waals surface area (Å²) in [6, 6.07) is 21.3. The van der Waals surface area contributed by atoms with E-state index in [4.69, 9.17) is 4.98 Å². The van der Waals surface area contributed by atoms with Gasteiger partial charge in [0.25, 0.3) is 0 Å². The number of hydrogen-bond donors (Lipinski definition) is 1. The lowest BCUT2D eigenvalue weighted by Gasteiger charge is -2.28. The number of aromatic nitrogens is 3. The second-order valence-corrected chi connectivity index (χ2v) is 7.53. The van der Waals surface area contributed by atoms with E-state index in [0.29, 0.717) is 0 Å². The number of nitrogens with one attached hydrogen (secondary N) is 1. The summed E-state index contributed by atoms with van der Waals surface area (Å²) >= 11 is 0. The number of nitrogens with zero attached hydrogens (tertiary/aromatic N) is 3. The van der Waals surface area contributed by atoms with E-state index >= 15 is 0 Å². The van der Waals surface area contributed by atoms with Crippen LogP contribution in [0.1, 0.15) is 25.1 Å². The summed E-state index contributed by atoms with van der Waals surface area (Å²) in [4.78, 5) is 15.4. The van der Waals surface area contributed by atoms with Gasteiger partial charge in [-0.2, -0.15) is 0 Å². The van der Waals surface area contributed by atoms with E-state index in [2.05, 4.69) is 69.5 Å². The number of hydrogen-bond acceptors (Lipinski definition) is 3. The summed E-state index contributed by atoms with van der Waals surface area (Å²) in [5.74, 6) is 1.88. The normalized spacial score (nSPS) is 14.5. The van der Waals surface area contributed by atoms with Crippen molar-refractivity contribution in [1.29, 1.82) is 0 Å². The lowest BCUT2D eigenvalue weighted by Crippen LogP contribution is -2.30. The first-order chi connectivity index (χ1) is 13.8. The molecule has 0 bridgehead atoms. The highest BCUT2D eigenvalue weighted by atomic mass is 15.2. The molecule has 4 nitrogen and oxygen atoms in total. The first kappa shape index (κ1) is 17.0. The SMILES string of the molecule is Cc1nc(N2CCCCC2)c2[nH]c(-c3ccc(-c4ccccc4)cc3)cc2n1. The maximum atomic E-state index is 4.77. The summed E-state index contributed by atoms with van der Waals surface area (Å²) in [5, 5.41) is 0. The third-order valence-corrected chi connectivity index (χ3v) is 5.53. The van der Waals surface area contributed by atoms with E-state index < -0.39 is 0 Å². The molecule has 0 saturated carbocycles. The second-order valence-electron chi connectivity index (χ2n) is 7.53. The molecule has 0 aliphatic carbocycles. The van der Waals surface area contributed by atoms with Crippen LogP contribution in [-0.4, -0.2) is 28.0 Å². The molecule has 2 aromatic heterocycles. The molecule has 1 fully saturated rings. The molecule has 0 atom stereocenters. The predicted octanol–water partition coefficient (Wildman–Crippen LogP) is 5.59. The zero-order valence-corrected chi connectivity index (χ0v) is 16.2. The van der Waals surface area contributed by atoms with Crippen molar-refractivity contribution in [3.63, 3.8) is 0 Å². The fraction of sp³-hybridized carbons (Fsp3) is 0.250. The van der Waals surface area contributed by atoms with Crippen LogP contribution in [0.15, 0.2) is 60.7 Å². The Labute approximate surface area is 165 Å². The van der Waals surface area contributed by atoms with Crippen LogP contribution in [0.4, 0.5) is 5.82 Å². The molecule has 4 aromatic rings. The van der Waals surface area contributed by atoms with E-state index in [9.17, 15) is 0 Å². The Morgan fingerprint density at radius 1 is 0.786 bits per heavy atom. The Bertz CT molecular complexity index is 1090. The number of fused-ring (bicyclic) bond motifs is 1. The Morgan fingerprint density at radius 2 is 1.46 bits per heavy atom. The minimum atomic E-state index is 0.832. The zero-order valence-electron chi connectivity index (χ0n) is 16.2. The summed E-state index contributed by atoms with van der Waals surface area (Å²) < 4.78 is 0. The van der Waals surface area contributed by atoms with Crippen molar-refractivity contribution in [3.8, 4) is 22.4 Å². The van der Waals surface area contributed by atoms with Gasteiger partial charge in [0.1, 0.15) is 11.3 Å². The molecule has 1 saturated heterocycles. The standard InChI is InChI=1S/C24H24N4/c1-17-25-22-16-21(27-23(22)24(26-17)28-14-6-3-7-15-28)20-12-10-19(11-13-20)18-8-4-2-5-9-18/h2,4-5,8-13,16,27H,3,6-7,14-15H2,1H3. The van der Waals surface area contributed by atoms with Gasteiger partial charge in [-0.25, -0.2) is 9.97 Å². The van der Waals surface area contributed by atoms with Crippen LogP contribution < -0.4 is 4.90 Å². The van der Waals surface area contributed by atoms with Gasteiger partial charge in [0.2, 0.25) is 0 Å². The average molecular weight is 368 g/mol. The number of benzene rings is 2. The topological polar surface area (TPSA) is 44.8 Å². The molecule has 2 aromatic carbocycles. The zero-order chi connectivity index (χ0) is 18.9. The largest absolute Gasteiger partial charge is 0.355 e. The summed E-state index contributed by atoms with van der Waals surface area (Å²) in [7, 11) is 0. The van der Waals surface area contributed by atoms with Crippen LogP contribution in [0.5, 0.6) is 0 Å². The van der Waals surface area contributed by atoms with Gasteiger partial charge in [0, 0.05) is 18.8 Å². The van der Waals surface area contributed by atoms with Crippen molar-refractivity contribution in [2.75, 3.05) is 18.0 Å². The van der Waals surface area contributed by atoms with Gasteiger partial charge in [0.05, 0.1) is 5.52 Å². The quantitative estimate of drug-likeness (QED) is 0.513. The lowest BCUT2D eigenvalue weighted by atomic mass is 10.0. The molecule has 1 aliphatic rings. The molecule has 0 unspecified atom stereocenters. The average Bonchev–Trinajstić information content (AvgIpc) is 3.18. The van der Waals surface area contributed by atoms with E-state index in [-0.39, 0.29) is 0 Å². The number of rotatable bonds is 3. The van der Waals surface area contributed by atoms with Crippen molar-refractivity contribution in [1.82, 2.24) is 15.0 Å². The number of aryl methyl sites for hydroxylation is 1. The van der Waals surface area contributed by atoms with Crippen LogP contribution in [0.3, 0.4) is 0 Å². The minimum absolute atomic E-state index is 0.832. The van der Waals surface area contributed by atoms with Crippen LogP contribution in [-0.2, 0) is 0 Å². The molecule has 1 aliphatic heterocycles. The van der Waals surface area contributed by atoms with Gasteiger partial charge in [-0.3, -0.25) is 0 Å². The molecule has 1 N–H and O–H groups in total. The third kappa shape index (κ3) is 3.15. The van der Waals surface area contributed by atoms with Crippen molar-refractivity contribution < 1.29 is 0 Å². The maximum Gasteiger partial charge on any atom is 0.156 e.